The van der Waals surface area contributed by atoms with E-state index >= 15 is 0 Å². The van der Waals surface area contributed by atoms with Crippen molar-refractivity contribution in [1.29, 1.82) is 0 Å². The molecule has 3 heterocycles. The Balaban J connectivity index is 1.99. The van der Waals surface area contributed by atoms with Crippen molar-refractivity contribution in [2.75, 3.05) is 26.2 Å². The molecular weight excluding hydrogens is 322 g/mol. The predicted molar refractivity (Wildman–Crippen MR) is 82.5 cm³/mol. The molecule has 2 aromatic rings. The van der Waals surface area contributed by atoms with Crippen molar-refractivity contribution in [2.24, 2.45) is 0 Å². The zero-order valence-corrected chi connectivity index (χ0v) is 13.0. The van der Waals surface area contributed by atoms with Crippen molar-refractivity contribution in [3.05, 3.63) is 50.9 Å². The lowest BCUT2D eigenvalue weighted by Gasteiger charge is -2.35. The Kier molecular flexibility index (Phi) is 4.28. The third-order valence-electron chi connectivity index (χ3n) is 3.41. The van der Waals surface area contributed by atoms with Gasteiger partial charge < -0.3 is 5.32 Å². The zero-order chi connectivity index (χ0) is 13.1. The number of halogens is 1. The molecule has 100 valence electrons. The number of nitrogens with one attached hydrogen (secondary N) is 1. The highest BCUT2D eigenvalue weighted by molar-refractivity contribution is 9.10. The maximum absolute atomic E-state index is 4.38. The predicted octanol–water partition coefficient (Wildman–Crippen LogP) is 2.90. The van der Waals surface area contributed by atoms with Gasteiger partial charge in [-0.05, 0) is 33.4 Å². The third kappa shape index (κ3) is 2.89. The van der Waals surface area contributed by atoms with Crippen LogP contribution < -0.4 is 5.32 Å². The van der Waals surface area contributed by atoms with Crippen LogP contribution in [0, 0.1) is 0 Å². The van der Waals surface area contributed by atoms with Crippen LogP contribution in [0.3, 0.4) is 0 Å². The molecule has 1 aliphatic rings. The first-order valence-electron chi connectivity index (χ1n) is 6.45. The highest BCUT2D eigenvalue weighted by Crippen LogP contribution is 2.34. The SMILES string of the molecule is Brc1ncccc1[C@@H](c1cccs1)N1CCNCC1. The van der Waals surface area contributed by atoms with Gasteiger partial charge in [0.1, 0.15) is 4.60 Å². The fraction of sp³-hybridized carbons (Fsp3) is 0.357. The standard InChI is InChI=1S/C14H16BrN3S/c15-14-11(3-1-5-17-14)13(12-4-2-10-19-12)18-8-6-16-7-9-18/h1-5,10,13,16H,6-9H2/t13-/m0/s1. The summed E-state index contributed by atoms with van der Waals surface area (Å²) in [5.74, 6) is 0. The Morgan fingerprint density at radius 1 is 1.26 bits per heavy atom. The van der Waals surface area contributed by atoms with Gasteiger partial charge in [0.15, 0.2) is 0 Å². The fourth-order valence-electron chi connectivity index (χ4n) is 2.52. The minimum atomic E-state index is 0.310. The number of rotatable bonds is 3. The highest BCUT2D eigenvalue weighted by Gasteiger charge is 2.26. The molecule has 19 heavy (non-hydrogen) atoms. The van der Waals surface area contributed by atoms with Gasteiger partial charge in [0.05, 0.1) is 6.04 Å². The molecule has 0 aromatic carbocycles. The topological polar surface area (TPSA) is 28.2 Å². The van der Waals surface area contributed by atoms with Crippen molar-refractivity contribution in [3.8, 4) is 0 Å². The zero-order valence-electron chi connectivity index (χ0n) is 10.6. The lowest BCUT2D eigenvalue weighted by Crippen LogP contribution is -2.45. The Bertz CT molecular complexity index is 523. The van der Waals surface area contributed by atoms with E-state index in [1.807, 2.05) is 23.6 Å². The number of pyridine rings is 1. The van der Waals surface area contributed by atoms with Crippen LogP contribution in [0.15, 0.2) is 40.4 Å². The molecule has 1 aliphatic heterocycles. The molecule has 0 unspecified atom stereocenters. The van der Waals surface area contributed by atoms with Gasteiger partial charge in [-0.25, -0.2) is 4.98 Å². The molecule has 0 saturated carbocycles. The first-order valence-corrected chi connectivity index (χ1v) is 8.12. The second-order valence-corrected chi connectivity index (χ2v) is 6.32. The maximum Gasteiger partial charge on any atom is 0.111 e. The van der Waals surface area contributed by atoms with Crippen LogP contribution in [-0.4, -0.2) is 36.1 Å². The molecule has 0 radical (unpaired) electrons. The van der Waals surface area contributed by atoms with Gasteiger partial charge in [-0.15, -0.1) is 11.3 Å². The van der Waals surface area contributed by atoms with E-state index in [2.05, 4.69) is 54.7 Å². The highest BCUT2D eigenvalue weighted by atomic mass is 79.9. The minimum absolute atomic E-state index is 0.310. The summed E-state index contributed by atoms with van der Waals surface area (Å²) in [6.07, 6.45) is 1.83. The Labute approximate surface area is 125 Å². The quantitative estimate of drug-likeness (QED) is 0.873. The molecule has 0 bridgehead atoms. The molecule has 0 spiro atoms. The lowest BCUT2D eigenvalue weighted by atomic mass is 10.0. The number of piperazine rings is 1. The van der Waals surface area contributed by atoms with E-state index < -0.39 is 0 Å². The molecule has 1 N–H and O–H groups in total. The van der Waals surface area contributed by atoms with Gasteiger partial charge >= 0.3 is 0 Å². The smallest absolute Gasteiger partial charge is 0.111 e. The van der Waals surface area contributed by atoms with Gasteiger partial charge in [0.2, 0.25) is 0 Å². The van der Waals surface area contributed by atoms with Crippen LogP contribution in [0.5, 0.6) is 0 Å². The van der Waals surface area contributed by atoms with Crippen molar-refractivity contribution < 1.29 is 0 Å². The van der Waals surface area contributed by atoms with Crippen LogP contribution in [0.4, 0.5) is 0 Å². The summed E-state index contributed by atoms with van der Waals surface area (Å²) >= 11 is 5.42. The number of aromatic nitrogens is 1. The van der Waals surface area contributed by atoms with Crippen molar-refractivity contribution in [1.82, 2.24) is 15.2 Å². The summed E-state index contributed by atoms with van der Waals surface area (Å²) in [5, 5.41) is 5.56. The molecule has 2 aromatic heterocycles. The first-order chi connectivity index (χ1) is 9.36. The van der Waals surface area contributed by atoms with Gasteiger partial charge in [-0.1, -0.05) is 12.1 Å². The second-order valence-electron chi connectivity index (χ2n) is 4.59. The molecule has 5 heteroatoms. The number of hydrogen-bond acceptors (Lipinski definition) is 4. The Morgan fingerprint density at radius 3 is 2.79 bits per heavy atom. The monoisotopic (exact) mass is 337 g/mol. The molecular formula is C14H16BrN3S. The van der Waals surface area contributed by atoms with Crippen LogP contribution in [-0.2, 0) is 0 Å². The summed E-state index contributed by atoms with van der Waals surface area (Å²) < 4.78 is 0.951. The number of hydrogen-bond donors (Lipinski definition) is 1. The molecule has 3 nitrogen and oxygen atoms in total. The molecule has 1 atom stereocenters. The van der Waals surface area contributed by atoms with Crippen molar-refractivity contribution >= 4 is 27.3 Å². The van der Waals surface area contributed by atoms with E-state index in [9.17, 15) is 0 Å². The number of thiophene rings is 1. The Morgan fingerprint density at radius 2 is 2.11 bits per heavy atom. The molecule has 0 aliphatic carbocycles. The lowest BCUT2D eigenvalue weighted by molar-refractivity contribution is 0.200. The van der Waals surface area contributed by atoms with E-state index in [4.69, 9.17) is 0 Å². The first kappa shape index (κ1) is 13.2. The largest absolute Gasteiger partial charge is 0.314 e. The Hall–Kier alpha value is -0.750. The normalized spacial score (nSPS) is 18.4. The maximum atomic E-state index is 4.38. The summed E-state index contributed by atoms with van der Waals surface area (Å²) in [4.78, 5) is 8.30. The summed E-state index contributed by atoms with van der Waals surface area (Å²) in [5.41, 5.74) is 1.26. The van der Waals surface area contributed by atoms with Gasteiger partial charge in [-0.3, -0.25) is 4.90 Å². The van der Waals surface area contributed by atoms with Gasteiger partial charge in [-0.2, -0.15) is 0 Å². The molecule has 3 rings (SSSR count). The van der Waals surface area contributed by atoms with Crippen molar-refractivity contribution in [2.45, 2.75) is 6.04 Å². The van der Waals surface area contributed by atoms with E-state index in [1.165, 1.54) is 10.4 Å². The van der Waals surface area contributed by atoms with Crippen molar-refractivity contribution in [3.63, 3.8) is 0 Å². The second kappa shape index (κ2) is 6.13. The van der Waals surface area contributed by atoms with Crippen LogP contribution in [0.25, 0.3) is 0 Å². The molecule has 0 amide bonds. The average molecular weight is 338 g/mol. The minimum Gasteiger partial charge on any atom is -0.314 e. The van der Waals surface area contributed by atoms with E-state index in [-0.39, 0.29) is 0 Å². The number of nitrogens with zero attached hydrogens (tertiary/aromatic N) is 2. The fourth-order valence-corrected chi connectivity index (χ4v) is 3.86. The molecule has 1 fully saturated rings. The van der Waals surface area contributed by atoms with Crippen LogP contribution >= 0.6 is 27.3 Å². The van der Waals surface area contributed by atoms with Crippen LogP contribution in [0.2, 0.25) is 0 Å². The van der Waals surface area contributed by atoms with E-state index in [1.54, 1.807) is 0 Å². The average Bonchev–Trinajstić information content (AvgIpc) is 2.96. The summed E-state index contributed by atoms with van der Waals surface area (Å²) in [7, 11) is 0. The third-order valence-corrected chi connectivity index (χ3v) is 5.00. The molecule has 1 saturated heterocycles. The van der Waals surface area contributed by atoms with Crippen LogP contribution in [0.1, 0.15) is 16.5 Å². The van der Waals surface area contributed by atoms with Gasteiger partial charge in [0, 0.05) is 42.8 Å². The summed E-state index contributed by atoms with van der Waals surface area (Å²) in [6, 6.07) is 8.84. The van der Waals surface area contributed by atoms with E-state index in [0.717, 1.165) is 30.8 Å². The van der Waals surface area contributed by atoms with Gasteiger partial charge in [0.25, 0.3) is 0 Å². The van der Waals surface area contributed by atoms with E-state index in [0.29, 0.717) is 6.04 Å². The summed E-state index contributed by atoms with van der Waals surface area (Å²) in [6.45, 7) is 4.26.